The third-order valence-corrected chi connectivity index (χ3v) is 4.69. The predicted octanol–water partition coefficient (Wildman–Crippen LogP) is 6.85. The Balaban J connectivity index is 1.83. The van der Waals surface area contributed by atoms with E-state index >= 15 is 0 Å². The number of hydrogen-bond donors (Lipinski definition) is 2. The van der Waals surface area contributed by atoms with Crippen molar-refractivity contribution in [1.82, 2.24) is 0 Å². The zero-order valence-electron chi connectivity index (χ0n) is 19.6. The highest BCUT2D eigenvalue weighted by atomic mass is 16.6. The monoisotopic (exact) mass is 471 g/mol. The van der Waals surface area contributed by atoms with Crippen LogP contribution < -0.4 is 10.6 Å². The van der Waals surface area contributed by atoms with Crippen molar-refractivity contribution in [2.75, 3.05) is 10.6 Å². The van der Waals surface area contributed by atoms with E-state index in [1.807, 2.05) is 36.4 Å². The van der Waals surface area contributed by atoms with Gasteiger partial charge in [-0.05, 0) is 55.6 Å². The molecular weight excluding hydrogens is 446 g/mol. The summed E-state index contributed by atoms with van der Waals surface area (Å²) in [6.45, 7) is 5.24. The molecule has 0 bridgehead atoms. The maximum absolute atomic E-state index is 12.8. The maximum Gasteiger partial charge on any atom is 0.412 e. The van der Waals surface area contributed by atoms with Crippen LogP contribution in [0.15, 0.2) is 77.9 Å². The molecule has 0 atom stereocenters. The van der Waals surface area contributed by atoms with Gasteiger partial charge in [0.05, 0.1) is 17.8 Å². The van der Waals surface area contributed by atoms with Crippen LogP contribution in [-0.4, -0.2) is 23.4 Å². The van der Waals surface area contributed by atoms with E-state index in [2.05, 4.69) is 20.7 Å². The molecule has 0 unspecified atom stereocenters. The van der Waals surface area contributed by atoms with E-state index in [4.69, 9.17) is 10.3 Å². The number of carbonyl (C=O) groups is 3. The molecule has 0 aliphatic rings. The average molecular weight is 472 g/mol. The van der Waals surface area contributed by atoms with Crippen molar-refractivity contribution in [3.05, 3.63) is 88.8 Å². The number of nitrogens with one attached hydrogen (secondary N) is 2. The number of hydrogen-bond acceptors (Lipinski definition) is 5. The highest BCUT2D eigenvalue weighted by Gasteiger charge is 2.19. The number of carbonyl (C=O) groups excluding carboxylic acids is 3. The van der Waals surface area contributed by atoms with Gasteiger partial charge in [0.2, 0.25) is 5.91 Å². The van der Waals surface area contributed by atoms with Gasteiger partial charge >= 0.3 is 6.09 Å². The lowest BCUT2D eigenvalue weighted by molar-refractivity contribution is -0.115. The normalized spacial score (nSPS) is 10.6. The van der Waals surface area contributed by atoms with Crippen LogP contribution in [0.3, 0.4) is 0 Å². The molecule has 2 amide bonds. The lowest BCUT2D eigenvalue weighted by Gasteiger charge is -2.21. The van der Waals surface area contributed by atoms with Crippen molar-refractivity contribution in [3.63, 3.8) is 0 Å². The molecule has 0 aromatic heterocycles. The minimum Gasteiger partial charge on any atom is -0.444 e. The summed E-state index contributed by atoms with van der Waals surface area (Å²) < 4.78 is 5.32. The Morgan fingerprint density at radius 3 is 2.31 bits per heavy atom. The fourth-order valence-electron chi connectivity index (χ4n) is 3.22. The molecular formula is C26H25N5O4. The second kappa shape index (κ2) is 11.0. The first kappa shape index (κ1) is 25.0. The second-order valence-corrected chi connectivity index (χ2v) is 8.64. The summed E-state index contributed by atoms with van der Waals surface area (Å²) in [7, 11) is 0. The third kappa shape index (κ3) is 7.45. The Morgan fingerprint density at radius 1 is 0.886 bits per heavy atom. The molecule has 0 saturated heterocycles. The van der Waals surface area contributed by atoms with Crippen LogP contribution in [0.5, 0.6) is 0 Å². The van der Waals surface area contributed by atoms with Gasteiger partial charge in [0, 0.05) is 16.2 Å². The minimum atomic E-state index is -0.700. The van der Waals surface area contributed by atoms with Crippen LogP contribution in [0.1, 0.15) is 37.6 Å². The Kier molecular flexibility index (Phi) is 7.86. The van der Waals surface area contributed by atoms with Crippen molar-refractivity contribution in [2.24, 2.45) is 5.11 Å². The summed E-state index contributed by atoms with van der Waals surface area (Å²) in [5, 5.41) is 8.84. The predicted molar refractivity (Wildman–Crippen MR) is 135 cm³/mol. The van der Waals surface area contributed by atoms with Crippen molar-refractivity contribution in [3.8, 4) is 11.1 Å². The molecule has 3 rings (SSSR count). The average Bonchev–Trinajstić information content (AvgIpc) is 2.80. The number of ether oxygens (including phenoxy) is 1. The second-order valence-electron chi connectivity index (χ2n) is 8.64. The molecule has 9 heteroatoms. The first-order chi connectivity index (χ1) is 16.6. The summed E-state index contributed by atoms with van der Waals surface area (Å²) in [6.07, 6.45) is -1.12. The number of benzene rings is 3. The van der Waals surface area contributed by atoms with E-state index < -0.39 is 29.8 Å². The van der Waals surface area contributed by atoms with Crippen molar-refractivity contribution in [2.45, 2.75) is 32.8 Å². The summed E-state index contributed by atoms with van der Waals surface area (Å²) in [6, 6.07) is 20.8. The van der Waals surface area contributed by atoms with Crippen molar-refractivity contribution < 1.29 is 19.1 Å². The SMILES string of the molecule is CC(C)(C)OC(=O)Nc1ccc(-c2ccccc2)cc1NC(=O)CC(=O)c1cccc(N=[N+]=[N-])c1. The first-order valence-electron chi connectivity index (χ1n) is 10.8. The first-order valence-corrected chi connectivity index (χ1v) is 10.8. The smallest absolute Gasteiger partial charge is 0.412 e. The zero-order chi connectivity index (χ0) is 25.4. The van der Waals surface area contributed by atoms with Crippen molar-refractivity contribution in [1.29, 1.82) is 0 Å². The molecule has 0 aliphatic carbocycles. The maximum atomic E-state index is 12.8. The molecule has 3 aromatic rings. The number of amides is 2. The van der Waals surface area contributed by atoms with Gasteiger partial charge in [0.15, 0.2) is 5.78 Å². The van der Waals surface area contributed by atoms with Crippen molar-refractivity contribution >= 4 is 34.8 Å². The highest BCUT2D eigenvalue weighted by molar-refractivity contribution is 6.12. The van der Waals surface area contributed by atoms with Gasteiger partial charge in [0.25, 0.3) is 0 Å². The van der Waals surface area contributed by atoms with Crippen LogP contribution in [0.25, 0.3) is 21.6 Å². The van der Waals surface area contributed by atoms with Gasteiger partial charge in [0.1, 0.15) is 5.60 Å². The summed E-state index contributed by atoms with van der Waals surface area (Å²) >= 11 is 0. The van der Waals surface area contributed by atoms with Gasteiger partial charge in [-0.15, -0.1) is 0 Å². The topological polar surface area (TPSA) is 133 Å². The quantitative estimate of drug-likeness (QED) is 0.128. The number of azide groups is 1. The van der Waals surface area contributed by atoms with E-state index in [1.54, 1.807) is 45.0 Å². The Hall–Kier alpha value is -4.62. The van der Waals surface area contributed by atoms with Crippen LogP contribution in [0.4, 0.5) is 21.9 Å². The highest BCUT2D eigenvalue weighted by Crippen LogP contribution is 2.30. The molecule has 0 aliphatic heterocycles. The molecule has 0 saturated carbocycles. The van der Waals surface area contributed by atoms with Gasteiger partial charge in [-0.3, -0.25) is 14.9 Å². The lowest BCUT2D eigenvalue weighted by atomic mass is 10.0. The Labute approximate surface area is 202 Å². The van der Waals surface area contributed by atoms with Gasteiger partial charge in [-0.1, -0.05) is 59.7 Å². The number of nitrogens with zero attached hydrogens (tertiary/aromatic N) is 3. The molecule has 9 nitrogen and oxygen atoms in total. The van der Waals surface area contributed by atoms with Crippen LogP contribution in [0, 0.1) is 0 Å². The summed E-state index contributed by atoms with van der Waals surface area (Å²) in [4.78, 5) is 40.4. The number of rotatable bonds is 7. The zero-order valence-corrected chi connectivity index (χ0v) is 19.6. The van der Waals surface area contributed by atoms with Gasteiger partial charge in [-0.2, -0.15) is 0 Å². The molecule has 35 heavy (non-hydrogen) atoms. The fraction of sp³-hybridized carbons (Fsp3) is 0.192. The number of ketones is 1. The standard InChI is InChI=1S/C26H25N5O4/c1-26(2,3)35-25(34)29-21-13-12-18(17-8-5-4-6-9-17)15-22(21)28-24(33)16-23(32)19-10-7-11-20(14-19)30-31-27/h4-15H,16H2,1-3H3,(H,28,33)(H,29,34). The van der Waals surface area contributed by atoms with Gasteiger partial charge < -0.3 is 10.1 Å². The van der Waals surface area contributed by atoms with Crippen LogP contribution in [0.2, 0.25) is 0 Å². The molecule has 2 N–H and O–H groups in total. The van der Waals surface area contributed by atoms with Crippen LogP contribution in [-0.2, 0) is 9.53 Å². The molecule has 0 fully saturated rings. The Bertz CT molecular complexity index is 1290. The fourth-order valence-corrected chi connectivity index (χ4v) is 3.22. The summed E-state index contributed by atoms with van der Waals surface area (Å²) in [5.41, 5.74) is 10.8. The lowest BCUT2D eigenvalue weighted by Crippen LogP contribution is -2.27. The van der Waals surface area contributed by atoms with Crippen LogP contribution >= 0.6 is 0 Å². The molecule has 0 heterocycles. The van der Waals surface area contributed by atoms with Gasteiger partial charge in [-0.25, -0.2) is 4.79 Å². The van der Waals surface area contributed by atoms with E-state index in [0.717, 1.165) is 11.1 Å². The molecule has 3 aromatic carbocycles. The number of Topliss-reactive ketones (excluding diaryl/α,β-unsaturated/α-hetero) is 1. The Morgan fingerprint density at radius 2 is 1.63 bits per heavy atom. The molecule has 178 valence electrons. The minimum absolute atomic E-state index is 0.246. The van der Waals surface area contributed by atoms with E-state index in [0.29, 0.717) is 11.4 Å². The van der Waals surface area contributed by atoms with E-state index in [9.17, 15) is 14.4 Å². The third-order valence-electron chi connectivity index (χ3n) is 4.69. The molecule has 0 spiro atoms. The van der Waals surface area contributed by atoms with E-state index in [-0.39, 0.29) is 11.3 Å². The molecule has 0 radical (unpaired) electrons. The number of anilines is 2. The largest absolute Gasteiger partial charge is 0.444 e. The van der Waals surface area contributed by atoms with E-state index in [1.165, 1.54) is 12.1 Å². The summed E-state index contributed by atoms with van der Waals surface area (Å²) in [5.74, 6) is -1.01.